The van der Waals surface area contributed by atoms with Crippen LogP contribution in [-0.4, -0.2) is 41.6 Å². The lowest BCUT2D eigenvalue weighted by molar-refractivity contribution is -0.127. The molecule has 1 heterocycles. The van der Waals surface area contributed by atoms with Crippen molar-refractivity contribution in [2.75, 3.05) is 19.0 Å². The van der Waals surface area contributed by atoms with Crippen molar-refractivity contribution >= 4 is 69.8 Å². The van der Waals surface area contributed by atoms with Gasteiger partial charge < -0.3 is 10.1 Å². The first-order chi connectivity index (χ1) is 14.3. The molecule has 3 rings (SSSR count). The lowest BCUT2D eigenvalue weighted by atomic mass is 10.2. The van der Waals surface area contributed by atoms with E-state index in [1.807, 2.05) is 0 Å². The molecule has 1 fully saturated rings. The number of hydrogen-bond acceptors (Lipinski definition) is 6. The largest absolute Gasteiger partial charge is 0.465 e. The van der Waals surface area contributed by atoms with Gasteiger partial charge in [0.05, 0.1) is 22.6 Å². The molecule has 30 heavy (non-hydrogen) atoms. The number of thioether (sulfide) groups is 1. The number of nitrogens with one attached hydrogen (secondary N) is 1. The lowest BCUT2D eigenvalue weighted by Crippen LogP contribution is -2.36. The summed E-state index contributed by atoms with van der Waals surface area (Å²) in [5, 5.41) is 2.69. The number of carbonyl (C=O) groups is 4. The van der Waals surface area contributed by atoms with Crippen LogP contribution in [0.15, 0.2) is 47.4 Å². The molecule has 0 spiro atoms. The maximum atomic E-state index is 12.5. The third kappa shape index (κ3) is 5.02. The predicted molar refractivity (Wildman–Crippen MR) is 116 cm³/mol. The molecule has 2 aromatic carbocycles. The van der Waals surface area contributed by atoms with Gasteiger partial charge in [-0.1, -0.05) is 35.3 Å². The number of halogens is 2. The van der Waals surface area contributed by atoms with E-state index in [2.05, 4.69) is 10.1 Å². The molecular weight excluding hydrogens is 451 g/mol. The summed E-state index contributed by atoms with van der Waals surface area (Å²) in [4.78, 5) is 49.8. The van der Waals surface area contributed by atoms with Gasteiger partial charge in [0.25, 0.3) is 11.1 Å². The zero-order chi connectivity index (χ0) is 21.8. The van der Waals surface area contributed by atoms with Gasteiger partial charge in [-0.15, -0.1) is 0 Å². The number of carbonyl (C=O) groups excluding carboxylic acids is 4. The fourth-order valence-electron chi connectivity index (χ4n) is 2.56. The topological polar surface area (TPSA) is 92.8 Å². The van der Waals surface area contributed by atoms with Crippen molar-refractivity contribution in [1.29, 1.82) is 0 Å². The van der Waals surface area contributed by atoms with Crippen molar-refractivity contribution < 1.29 is 23.9 Å². The smallest absolute Gasteiger partial charge is 0.339 e. The van der Waals surface area contributed by atoms with Gasteiger partial charge in [-0.05, 0) is 53.7 Å². The molecule has 7 nitrogen and oxygen atoms in total. The van der Waals surface area contributed by atoms with Gasteiger partial charge in [-0.3, -0.25) is 19.3 Å². The number of esters is 1. The van der Waals surface area contributed by atoms with E-state index < -0.39 is 29.6 Å². The van der Waals surface area contributed by atoms with E-state index in [1.165, 1.54) is 25.3 Å². The summed E-state index contributed by atoms with van der Waals surface area (Å²) in [6.45, 7) is -0.473. The standard InChI is InChI=1S/C20H14Cl2N2O5S/c1-29-19(27)14-9-13(6-7-15(14)22)23-17(25)10-24-18(26)16(30-20(24)28)8-11-2-4-12(21)5-3-11/h2-9H,10H2,1H3,(H,23,25)/b16-8+. The summed E-state index contributed by atoms with van der Waals surface area (Å²) in [5.74, 6) is -1.83. The van der Waals surface area contributed by atoms with Crippen LogP contribution >= 0.6 is 35.0 Å². The summed E-state index contributed by atoms with van der Waals surface area (Å²) in [7, 11) is 1.21. The van der Waals surface area contributed by atoms with E-state index in [4.69, 9.17) is 23.2 Å². The summed E-state index contributed by atoms with van der Waals surface area (Å²) in [6, 6.07) is 11.0. The normalized spacial score (nSPS) is 14.9. The maximum Gasteiger partial charge on any atom is 0.339 e. The fraction of sp³-hybridized carbons (Fsp3) is 0.100. The summed E-state index contributed by atoms with van der Waals surface area (Å²) >= 11 is 12.5. The Labute approximate surface area is 186 Å². The van der Waals surface area contributed by atoms with Crippen molar-refractivity contribution in [3.63, 3.8) is 0 Å². The SMILES string of the molecule is COC(=O)c1cc(NC(=O)CN2C(=O)S/C(=C/c3ccc(Cl)cc3)C2=O)ccc1Cl. The minimum absolute atomic E-state index is 0.0778. The van der Waals surface area contributed by atoms with E-state index in [0.29, 0.717) is 10.6 Å². The number of amides is 3. The molecule has 0 atom stereocenters. The molecule has 1 aliphatic heterocycles. The molecule has 0 aromatic heterocycles. The fourth-order valence-corrected chi connectivity index (χ4v) is 3.72. The predicted octanol–water partition coefficient (Wildman–Crippen LogP) is 4.46. The van der Waals surface area contributed by atoms with E-state index in [-0.39, 0.29) is 21.2 Å². The molecule has 2 aromatic rings. The molecule has 0 aliphatic carbocycles. The number of methoxy groups -OCH3 is 1. The molecule has 3 amide bonds. The summed E-state index contributed by atoms with van der Waals surface area (Å²) in [5.41, 5.74) is 1.05. The third-order valence-corrected chi connectivity index (χ3v) is 5.49. The summed E-state index contributed by atoms with van der Waals surface area (Å²) in [6.07, 6.45) is 1.56. The Morgan fingerprint density at radius 3 is 2.50 bits per heavy atom. The summed E-state index contributed by atoms with van der Waals surface area (Å²) < 4.78 is 4.63. The Hall–Kier alpha value is -2.81. The second-order valence-electron chi connectivity index (χ2n) is 6.05. The molecule has 1 aliphatic rings. The van der Waals surface area contributed by atoms with Crippen molar-refractivity contribution in [2.45, 2.75) is 0 Å². The van der Waals surface area contributed by atoms with Crippen LogP contribution in [0.2, 0.25) is 10.0 Å². The van der Waals surface area contributed by atoms with Crippen LogP contribution in [0.25, 0.3) is 6.08 Å². The maximum absolute atomic E-state index is 12.5. The number of imide groups is 1. The van der Waals surface area contributed by atoms with Gasteiger partial charge in [0.15, 0.2) is 0 Å². The molecule has 154 valence electrons. The van der Waals surface area contributed by atoms with Crippen LogP contribution < -0.4 is 5.32 Å². The third-order valence-electron chi connectivity index (χ3n) is 4.00. The average Bonchev–Trinajstić information content (AvgIpc) is 2.98. The van der Waals surface area contributed by atoms with Crippen molar-refractivity contribution in [2.24, 2.45) is 0 Å². The molecule has 0 unspecified atom stereocenters. The molecule has 0 saturated carbocycles. The van der Waals surface area contributed by atoms with Gasteiger partial charge in [-0.25, -0.2) is 4.79 Å². The molecule has 1 N–H and O–H groups in total. The molecule has 0 bridgehead atoms. The molecule has 0 radical (unpaired) electrons. The van der Waals surface area contributed by atoms with Crippen LogP contribution in [-0.2, 0) is 14.3 Å². The minimum atomic E-state index is -0.658. The van der Waals surface area contributed by atoms with Crippen LogP contribution in [0, 0.1) is 0 Å². The highest BCUT2D eigenvalue weighted by atomic mass is 35.5. The van der Waals surface area contributed by atoms with Gasteiger partial charge in [0.1, 0.15) is 6.54 Å². The van der Waals surface area contributed by atoms with Crippen molar-refractivity contribution in [3.8, 4) is 0 Å². The average molecular weight is 465 g/mol. The number of anilines is 1. The Kier molecular flexibility index (Phi) is 6.81. The van der Waals surface area contributed by atoms with Gasteiger partial charge in [0, 0.05) is 10.7 Å². The Morgan fingerprint density at radius 2 is 1.83 bits per heavy atom. The van der Waals surface area contributed by atoms with Crippen LogP contribution in [0.4, 0.5) is 10.5 Å². The van der Waals surface area contributed by atoms with Gasteiger partial charge >= 0.3 is 5.97 Å². The second kappa shape index (κ2) is 9.34. The first-order valence-corrected chi connectivity index (χ1v) is 10.0. The van der Waals surface area contributed by atoms with Crippen LogP contribution in [0.5, 0.6) is 0 Å². The van der Waals surface area contributed by atoms with E-state index in [9.17, 15) is 19.2 Å². The first kappa shape index (κ1) is 21.9. The first-order valence-electron chi connectivity index (χ1n) is 8.47. The van der Waals surface area contributed by atoms with Crippen LogP contribution in [0.1, 0.15) is 15.9 Å². The highest BCUT2D eigenvalue weighted by Crippen LogP contribution is 2.32. The van der Waals surface area contributed by atoms with E-state index >= 15 is 0 Å². The number of ether oxygens (including phenoxy) is 1. The second-order valence-corrected chi connectivity index (χ2v) is 7.89. The Morgan fingerprint density at radius 1 is 1.13 bits per heavy atom. The highest BCUT2D eigenvalue weighted by Gasteiger charge is 2.36. The van der Waals surface area contributed by atoms with Crippen molar-refractivity contribution in [1.82, 2.24) is 4.90 Å². The van der Waals surface area contributed by atoms with E-state index in [1.54, 1.807) is 30.3 Å². The molecule has 10 heteroatoms. The van der Waals surface area contributed by atoms with E-state index in [0.717, 1.165) is 16.7 Å². The number of hydrogen-bond donors (Lipinski definition) is 1. The van der Waals surface area contributed by atoms with Crippen LogP contribution in [0.3, 0.4) is 0 Å². The minimum Gasteiger partial charge on any atom is -0.465 e. The van der Waals surface area contributed by atoms with Crippen molar-refractivity contribution in [3.05, 3.63) is 68.5 Å². The van der Waals surface area contributed by atoms with Gasteiger partial charge in [0.2, 0.25) is 5.91 Å². The zero-order valence-electron chi connectivity index (χ0n) is 15.5. The molecular formula is C20H14Cl2N2O5S. The lowest BCUT2D eigenvalue weighted by Gasteiger charge is -2.13. The number of benzene rings is 2. The Bertz CT molecular complexity index is 1070. The highest BCUT2D eigenvalue weighted by molar-refractivity contribution is 8.18. The van der Waals surface area contributed by atoms with Gasteiger partial charge in [-0.2, -0.15) is 0 Å². The Balaban J connectivity index is 1.69. The number of nitrogens with zero attached hydrogens (tertiary/aromatic N) is 1. The number of rotatable bonds is 5. The monoisotopic (exact) mass is 464 g/mol. The molecule has 1 saturated heterocycles. The quantitative estimate of drug-likeness (QED) is 0.518. The zero-order valence-corrected chi connectivity index (χ0v) is 17.8.